The molecule has 0 aliphatic carbocycles. The summed E-state index contributed by atoms with van der Waals surface area (Å²) in [6.45, 7) is 1.10. The first kappa shape index (κ1) is 13.9. The summed E-state index contributed by atoms with van der Waals surface area (Å²) in [6, 6.07) is 11.3. The largest absolute Gasteiger partial charge is 0.491 e. The van der Waals surface area contributed by atoms with Gasteiger partial charge in [-0.1, -0.05) is 11.6 Å². The van der Waals surface area contributed by atoms with E-state index in [0.717, 1.165) is 22.7 Å². The molecule has 0 saturated heterocycles. The average Bonchev–Trinajstić information content (AvgIpc) is 2.91. The quantitative estimate of drug-likeness (QED) is 0.680. The smallest absolute Gasteiger partial charge is 0.154 e. The monoisotopic (exact) mass is 303 g/mol. The molecule has 0 unspecified atom stereocenters. The summed E-state index contributed by atoms with van der Waals surface area (Å²) in [5.74, 6) is 0.806. The predicted octanol–water partition coefficient (Wildman–Crippen LogP) is 3.07. The Kier molecular flexibility index (Phi) is 4.03. The van der Waals surface area contributed by atoms with E-state index in [1.807, 2.05) is 36.5 Å². The van der Waals surface area contributed by atoms with Crippen molar-refractivity contribution in [1.29, 1.82) is 0 Å². The molecule has 2 heterocycles. The molecular formula is C15H14ClN3O2. The number of imidazole rings is 1. The fraction of sp³-hybridized carbons (Fsp3) is 0.200. The second-order valence-electron chi connectivity index (χ2n) is 4.45. The van der Waals surface area contributed by atoms with Crippen molar-refractivity contribution in [3.8, 4) is 17.0 Å². The molecule has 5 nitrogen and oxygen atoms in total. The van der Waals surface area contributed by atoms with E-state index in [1.54, 1.807) is 17.7 Å². The van der Waals surface area contributed by atoms with E-state index in [-0.39, 0.29) is 0 Å². The molecule has 0 amide bonds. The van der Waals surface area contributed by atoms with Gasteiger partial charge in [-0.2, -0.15) is 5.10 Å². The summed E-state index contributed by atoms with van der Waals surface area (Å²) < 4.78 is 12.1. The van der Waals surface area contributed by atoms with Gasteiger partial charge < -0.3 is 9.47 Å². The molecular weight excluding hydrogens is 290 g/mol. The number of fused-ring (bicyclic) bond motifs is 1. The maximum absolute atomic E-state index is 5.87. The van der Waals surface area contributed by atoms with E-state index in [9.17, 15) is 0 Å². The highest BCUT2D eigenvalue weighted by molar-refractivity contribution is 6.29. The second kappa shape index (κ2) is 6.11. The van der Waals surface area contributed by atoms with Crippen LogP contribution in [0.5, 0.6) is 5.75 Å². The number of ether oxygens (including phenoxy) is 2. The molecule has 6 heteroatoms. The minimum Gasteiger partial charge on any atom is -0.491 e. The number of hydrogen-bond acceptors (Lipinski definition) is 4. The van der Waals surface area contributed by atoms with Crippen LogP contribution in [0.3, 0.4) is 0 Å². The first-order valence-electron chi connectivity index (χ1n) is 6.50. The Morgan fingerprint density at radius 1 is 1.10 bits per heavy atom. The molecule has 0 atom stereocenters. The van der Waals surface area contributed by atoms with Crippen molar-refractivity contribution in [2.75, 3.05) is 20.3 Å². The number of aromatic nitrogens is 3. The Hall–Kier alpha value is -2.11. The van der Waals surface area contributed by atoms with Gasteiger partial charge in [-0.3, -0.25) is 0 Å². The SMILES string of the molecule is COCCOc1ccc(-c2cn3nc(Cl)ccc3n2)cc1. The lowest BCUT2D eigenvalue weighted by Crippen LogP contribution is -2.03. The van der Waals surface area contributed by atoms with Crippen LogP contribution in [0.1, 0.15) is 0 Å². The lowest BCUT2D eigenvalue weighted by atomic mass is 10.2. The maximum Gasteiger partial charge on any atom is 0.154 e. The summed E-state index contributed by atoms with van der Waals surface area (Å²) in [5, 5.41) is 4.61. The fourth-order valence-electron chi connectivity index (χ4n) is 1.96. The first-order chi connectivity index (χ1) is 10.3. The standard InChI is InChI=1S/C15H14ClN3O2/c1-20-8-9-21-12-4-2-11(3-5-12)13-10-19-15(17-13)7-6-14(16)18-19/h2-7,10H,8-9H2,1H3. The van der Waals surface area contributed by atoms with Crippen LogP contribution in [-0.4, -0.2) is 34.9 Å². The number of nitrogens with zero attached hydrogens (tertiary/aromatic N) is 3. The Balaban J connectivity index is 1.81. The van der Waals surface area contributed by atoms with Crippen LogP contribution in [0.25, 0.3) is 16.9 Å². The van der Waals surface area contributed by atoms with Crippen molar-refractivity contribution in [2.24, 2.45) is 0 Å². The zero-order valence-electron chi connectivity index (χ0n) is 11.5. The van der Waals surface area contributed by atoms with Crippen molar-refractivity contribution in [1.82, 2.24) is 14.6 Å². The van der Waals surface area contributed by atoms with Crippen LogP contribution in [0, 0.1) is 0 Å². The molecule has 0 spiro atoms. The van der Waals surface area contributed by atoms with Gasteiger partial charge in [-0.15, -0.1) is 0 Å². The minimum atomic E-state index is 0.438. The number of benzene rings is 1. The van der Waals surface area contributed by atoms with Crippen LogP contribution in [0.15, 0.2) is 42.6 Å². The zero-order chi connectivity index (χ0) is 14.7. The summed E-state index contributed by atoms with van der Waals surface area (Å²) in [4.78, 5) is 4.51. The Morgan fingerprint density at radius 3 is 2.67 bits per heavy atom. The van der Waals surface area contributed by atoms with E-state index in [2.05, 4.69) is 10.1 Å². The highest BCUT2D eigenvalue weighted by Gasteiger charge is 2.06. The third-order valence-corrected chi connectivity index (χ3v) is 3.20. The van der Waals surface area contributed by atoms with Crippen LogP contribution in [-0.2, 0) is 4.74 Å². The highest BCUT2D eigenvalue weighted by Crippen LogP contribution is 2.22. The lowest BCUT2D eigenvalue weighted by molar-refractivity contribution is 0.146. The van der Waals surface area contributed by atoms with Gasteiger partial charge in [0.1, 0.15) is 17.5 Å². The van der Waals surface area contributed by atoms with E-state index in [1.165, 1.54) is 0 Å². The molecule has 0 bridgehead atoms. The van der Waals surface area contributed by atoms with Gasteiger partial charge in [0.15, 0.2) is 5.65 Å². The van der Waals surface area contributed by atoms with Crippen molar-refractivity contribution in [2.45, 2.75) is 0 Å². The topological polar surface area (TPSA) is 48.7 Å². The zero-order valence-corrected chi connectivity index (χ0v) is 12.2. The highest BCUT2D eigenvalue weighted by atomic mass is 35.5. The molecule has 3 aromatic rings. The Morgan fingerprint density at radius 2 is 1.90 bits per heavy atom. The van der Waals surface area contributed by atoms with Crippen molar-refractivity contribution in [3.05, 3.63) is 47.7 Å². The van der Waals surface area contributed by atoms with Crippen LogP contribution in [0.4, 0.5) is 0 Å². The third-order valence-electron chi connectivity index (χ3n) is 2.99. The molecule has 0 N–H and O–H groups in total. The predicted molar refractivity (Wildman–Crippen MR) is 80.8 cm³/mol. The number of rotatable bonds is 5. The van der Waals surface area contributed by atoms with Crippen molar-refractivity contribution < 1.29 is 9.47 Å². The fourth-order valence-corrected chi connectivity index (χ4v) is 2.11. The van der Waals surface area contributed by atoms with Crippen LogP contribution >= 0.6 is 11.6 Å². The van der Waals surface area contributed by atoms with E-state index in [4.69, 9.17) is 21.1 Å². The molecule has 108 valence electrons. The van der Waals surface area contributed by atoms with Gasteiger partial charge in [0.2, 0.25) is 0 Å². The summed E-state index contributed by atoms with van der Waals surface area (Å²) in [7, 11) is 1.65. The first-order valence-corrected chi connectivity index (χ1v) is 6.88. The van der Waals surface area contributed by atoms with Crippen molar-refractivity contribution >= 4 is 17.2 Å². The van der Waals surface area contributed by atoms with Gasteiger partial charge >= 0.3 is 0 Å². The molecule has 0 aliphatic heterocycles. The molecule has 0 fully saturated rings. The third kappa shape index (κ3) is 3.15. The number of halogens is 1. The van der Waals surface area contributed by atoms with E-state index < -0.39 is 0 Å². The maximum atomic E-state index is 5.87. The van der Waals surface area contributed by atoms with Crippen LogP contribution in [0.2, 0.25) is 5.15 Å². The van der Waals surface area contributed by atoms with Gasteiger partial charge in [0.25, 0.3) is 0 Å². The van der Waals surface area contributed by atoms with Crippen LogP contribution < -0.4 is 4.74 Å². The molecule has 3 rings (SSSR count). The minimum absolute atomic E-state index is 0.438. The second-order valence-corrected chi connectivity index (χ2v) is 4.84. The van der Waals surface area contributed by atoms with Crippen molar-refractivity contribution in [3.63, 3.8) is 0 Å². The van der Waals surface area contributed by atoms with Gasteiger partial charge in [0.05, 0.1) is 18.5 Å². The molecule has 2 aromatic heterocycles. The molecule has 0 saturated carbocycles. The number of methoxy groups -OCH3 is 1. The number of hydrogen-bond donors (Lipinski definition) is 0. The van der Waals surface area contributed by atoms with Gasteiger partial charge in [-0.25, -0.2) is 9.50 Å². The Bertz CT molecular complexity index is 740. The van der Waals surface area contributed by atoms with Gasteiger partial charge in [0, 0.05) is 12.7 Å². The van der Waals surface area contributed by atoms with E-state index in [0.29, 0.717) is 18.4 Å². The van der Waals surface area contributed by atoms with Gasteiger partial charge in [-0.05, 0) is 36.4 Å². The molecule has 1 aromatic carbocycles. The van der Waals surface area contributed by atoms with E-state index >= 15 is 0 Å². The Labute approximate surface area is 127 Å². The summed E-state index contributed by atoms with van der Waals surface area (Å²) in [6.07, 6.45) is 1.85. The molecule has 0 radical (unpaired) electrons. The summed E-state index contributed by atoms with van der Waals surface area (Å²) >= 11 is 5.87. The summed E-state index contributed by atoms with van der Waals surface area (Å²) in [5.41, 5.74) is 2.60. The lowest BCUT2D eigenvalue weighted by Gasteiger charge is -2.05. The molecule has 21 heavy (non-hydrogen) atoms. The normalized spacial score (nSPS) is 11.0. The molecule has 0 aliphatic rings. The average molecular weight is 304 g/mol.